The maximum atomic E-state index is 12.5. The van der Waals surface area contributed by atoms with Crippen LogP contribution in [0.15, 0.2) is 78.9 Å². The summed E-state index contributed by atoms with van der Waals surface area (Å²) in [7, 11) is 0. The van der Waals surface area contributed by atoms with Gasteiger partial charge in [-0.1, -0.05) is 78.3 Å². The molecule has 0 atom stereocenters. The van der Waals surface area contributed by atoms with Crippen LogP contribution in [-0.2, 0) is 9.59 Å². The van der Waals surface area contributed by atoms with E-state index in [-0.39, 0.29) is 0 Å². The number of amides is 2. The van der Waals surface area contributed by atoms with E-state index in [4.69, 9.17) is 11.6 Å². The maximum absolute atomic E-state index is 12.5. The minimum absolute atomic E-state index is 0.425. The Morgan fingerprint density at radius 2 is 1.37 bits per heavy atom. The van der Waals surface area contributed by atoms with Crippen LogP contribution in [0.3, 0.4) is 0 Å². The van der Waals surface area contributed by atoms with Gasteiger partial charge in [0.15, 0.2) is 0 Å². The summed E-state index contributed by atoms with van der Waals surface area (Å²) in [5, 5.41) is 5.93. The summed E-state index contributed by atoms with van der Waals surface area (Å²) < 4.78 is 0. The molecule has 0 unspecified atom stereocenters. The van der Waals surface area contributed by atoms with Crippen molar-refractivity contribution in [2.75, 3.05) is 5.32 Å². The second kappa shape index (κ2) is 8.52. The summed E-state index contributed by atoms with van der Waals surface area (Å²) in [6.07, 6.45) is 0. The van der Waals surface area contributed by atoms with Crippen LogP contribution in [-0.4, -0.2) is 11.8 Å². The lowest BCUT2D eigenvalue weighted by molar-refractivity contribution is -0.136. The minimum Gasteiger partial charge on any atom is -0.337 e. The molecule has 3 aromatic carbocycles. The SMILES string of the molecule is Cc1ccc(Cl)cc1NC(=O)C(=O)NC(c1ccccc1)c1ccccc1. The van der Waals surface area contributed by atoms with Crippen LogP contribution in [0.2, 0.25) is 5.02 Å². The van der Waals surface area contributed by atoms with Crippen LogP contribution in [0.1, 0.15) is 22.7 Å². The number of carbonyl (C=O) groups excluding carboxylic acids is 2. The summed E-state index contributed by atoms with van der Waals surface area (Å²) >= 11 is 5.97. The number of anilines is 1. The lowest BCUT2D eigenvalue weighted by Gasteiger charge is -2.19. The van der Waals surface area contributed by atoms with E-state index in [9.17, 15) is 9.59 Å². The lowest BCUT2D eigenvalue weighted by Crippen LogP contribution is -2.38. The van der Waals surface area contributed by atoms with E-state index in [1.807, 2.05) is 67.6 Å². The molecule has 2 amide bonds. The highest BCUT2D eigenvalue weighted by atomic mass is 35.5. The van der Waals surface area contributed by atoms with E-state index in [2.05, 4.69) is 10.6 Å². The summed E-state index contributed by atoms with van der Waals surface area (Å²) in [5.41, 5.74) is 3.12. The Bertz CT molecular complexity index is 904. The van der Waals surface area contributed by atoms with Crippen molar-refractivity contribution in [3.8, 4) is 0 Å². The molecule has 0 heterocycles. The molecule has 0 spiro atoms. The molecule has 136 valence electrons. The fourth-order valence-electron chi connectivity index (χ4n) is 2.75. The molecule has 0 bridgehead atoms. The second-order valence-electron chi connectivity index (χ2n) is 6.14. The van der Waals surface area contributed by atoms with Crippen molar-refractivity contribution in [3.63, 3.8) is 0 Å². The molecule has 0 aliphatic carbocycles. The van der Waals surface area contributed by atoms with Gasteiger partial charge < -0.3 is 10.6 Å². The Labute approximate surface area is 163 Å². The molecule has 4 nitrogen and oxygen atoms in total. The third-order valence-corrected chi connectivity index (χ3v) is 4.43. The zero-order chi connectivity index (χ0) is 19.2. The minimum atomic E-state index is -0.739. The largest absolute Gasteiger partial charge is 0.337 e. The van der Waals surface area contributed by atoms with E-state index in [1.165, 1.54) is 0 Å². The van der Waals surface area contributed by atoms with Crippen LogP contribution in [0, 0.1) is 6.92 Å². The molecule has 27 heavy (non-hydrogen) atoms. The second-order valence-corrected chi connectivity index (χ2v) is 6.58. The van der Waals surface area contributed by atoms with Crippen LogP contribution in [0.5, 0.6) is 0 Å². The summed E-state index contributed by atoms with van der Waals surface area (Å²) in [4.78, 5) is 25.0. The van der Waals surface area contributed by atoms with Gasteiger partial charge >= 0.3 is 11.8 Å². The Balaban J connectivity index is 1.80. The number of rotatable bonds is 4. The van der Waals surface area contributed by atoms with Gasteiger partial charge in [0, 0.05) is 10.7 Å². The monoisotopic (exact) mass is 378 g/mol. The molecule has 2 N–H and O–H groups in total. The highest BCUT2D eigenvalue weighted by Crippen LogP contribution is 2.22. The highest BCUT2D eigenvalue weighted by Gasteiger charge is 2.21. The molecule has 3 aromatic rings. The van der Waals surface area contributed by atoms with E-state index in [0.717, 1.165) is 16.7 Å². The Kier molecular flexibility index (Phi) is 5.89. The van der Waals surface area contributed by atoms with Crippen molar-refractivity contribution in [3.05, 3.63) is 101 Å². The van der Waals surface area contributed by atoms with E-state index in [1.54, 1.807) is 18.2 Å². The molecule has 3 rings (SSSR count). The third kappa shape index (κ3) is 4.74. The van der Waals surface area contributed by atoms with Gasteiger partial charge in [-0.25, -0.2) is 0 Å². The van der Waals surface area contributed by atoms with Crippen molar-refractivity contribution in [2.24, 2.45) is 0 Å². The van der Waals surface area contributed by atoms with Gasteiger partial charge in [0.25, 0.3) is 0 Å². The Hall–Kier alpha value is -3.11. The molecule has 0 aliphatic rings. The fourth-order valence-corrected chi connectivity index (χ4v) is 2.93. The quantitative estimate of drug-likeness (QED) is 0.657. The van der Waals surface area contributed by atoms with E-state index < -0.39 is 17.9 Å². The predicted octanol–water partition coefficient (Wildman–Crippen LogP) is 4.49. The first-order valence-electron chi connectivity index (χ1n) is 8.52. The summed E-state index contributed by atoms with van der Waals surface area (Å²) in [6, 6.07) is 23.8. The van der Waals surface area contributed by atoms with Gasteiger partial charge in [0.05, 0.1) is 6.04 Å². The average molecular weight is 379 g/mol. The normalized spacial score (nSPS) is 10.5. The molecule has 0 saturated heterocycles. The van der Waals surface area contributed by atoms with Gasteiger partial charge in [-0.3, -0.25) is 9.59 Å². The molecule has 0 radical (unpaired) electrons. The van der Waals surface area contributed by atoms with Gasteiger partial charge in [-0.2, -0.15) is 0 Å². The smallest absolute Gasteiger partial charge is 0.313 e. The van der Waals surface area contributed by atoms with E-state index in [0.29, 0.717) is 10.7 Å². The topological polar surface area (TPSA) is 58.2 Å². The molecule has 0 fully saturated rings. The summed E-state index contributed by atoms with van der Waals surface area (Å²) in [6.45, 7) is 1.83. The molecule has 5 heteroatoms. The van der Waals surface area contributed by atoms with Crippen molar-refractivity contribution in [1.29, 1.82) is 0 Å². The van der Waals surface area contributed by atoms with Crippen molar-refractivity contribution in [2.45, 2.75) is 13.0 Å². The Morgan fingerprint density at radius 1 is 0.815 bits per heavy atom. The number of hydrogen-bond acceptors (Lipinski definition) is 2. The predicted molar refractivity (Wildman–Crippen MR) is 108 cm³/mol. The van der Waals surface area contributed by atoms with Crippen LogP contribution >= 0.6 is 11.6 Å². The van der Waals surface area contributed by atoms with Gasteiger partial charge in [-0.05, 0) is 35.7 Å². The summed E-state index contributed by atoms with van der Waals surface area (Å²) in [5.74, 6) is -1.45. The molecule has 0 saturated carbocycles. The zero-order valence-corrected chi connectivity index (χ0v) is 15.5. The van der Waals surface area contributed by atoms with Crippen LogP contribution in [0.25, 0.3) is 0 Å². The van der Waals surface area contributed by atoms with Crippen LogP contribution in [0.4, 0.5) is 5.69 Å². The number of aryl methyl sites for hydroxylation is 1. The first-order chi connectivity index (χ1) is 13.0. The number of carbonyl (C=O) groups is 2. The standard InChI is InChI=1S/C22H19ClN2O2/c1-15-12-13-18(23)14-19(15)24-21(26)22(27)25-20(16-8-4-2-5-9-16)17-10-6-3-7-11-17/h2-14,20H,1H3,(H,24,26)(H,25,27). The molecular formula is C22H19ClN2O2. The zero-order valence-electron chi connectivity index (χ0n) is 14.8. The first kappa shape index (κ1) is 18.7. The van der Waals surface area contributed by atoms with Gasteiger partial charge in [-0.15, -0.1) is 0 Å². The Morgan fingerprint density at radius 3 is 1.93 bits per heavy atom. The van der Waals surface area contributed by atoms with Crippen molar-refractivity contribution in [1.82, 2.24) is 5.32 Å². The first-order valence-corrected chi connectivity index (χ1v) is 8.90. The number of hydrogen-bond donors (Lipinski definition) is 2. The molecular weight excluding hydrogens is 360 g/mol. The maximum Gasteiger partial charge on any atom is 0.313 e. The fraction of sp³-hybridized carbons (Fsp3) is 0.0909. The lowest BCUT2D eigenvalue weighted by atomic mass is 9.98. The van der Waals surface area contributed by atoms with Gasteiger partial charge in [0.2, 0.25) is 0 Å². The van der Waals surface area contributed by atoms with E-state index >= 15 is 0 Å². The van der Waals surface area contributed by atoms with Crippen LogP contribution < -0.4 is 10.6 Å². The molecule has 0 aromatic heterocycles. The third-order valence-electron chi connectivity index (χ3n) is 4.20. The number of nitrogens with one attached hydrogen (secondary N) is 2. The molecule has 0 aliphatic heterocycles. The number of benzene rings is 3. The van der Waals surface area contributed by atoms with Gasteiger partial charge in [0.1, 0.15) is 0 Å². The highest BCUT2D eigenvalue weighted by molar-refractivity contribution is 6.40. The number of halogens is 1. The van der Waals surface area contributed by atoms with Crippen molar-refractivity contribution < 1.29 is 9.59 Å². The van der Waals surface area contributed by atoms with Crippen molar-refractivity contribution >= 4 is 29.1 Å². The average Bonchev–Trinajstić information content (AvgIpc) is 2.70.